The van der Waals surface area contributed by atoms with Crippen molar-refractivity contribution in [3.8, 4) is 0 Å². The number of carbonyl (C=O) groups excluding carboxylic acids is 1. The van der Waals surface area contributed by atoms with Crippen molar-refractivity contribution in [3.05, 3.63) is 33.8 Å². The molecule has 0 bridgehead atoms. The summed E-state index contributed by atoms with van der Waals surface area (Å²) in [6.45, 7) is 4.42. The number of carbonyl (C=O) groups is 1. The van der Waals surface area contributed by atoms with Gasteiger partial charge in [-0.1, -0.05) is 15.9 Å². The van der Waals surface area contributed by atoms with Gasteiger partial charge in [-0.2, -0.15) is 0 Å². The molecule has 1 aromatic rings. The number of nitrogens with two attached hydrogens (primary N) is 1. The van der Waals surface area contributed by atoms with Crippen LogP contribution in [0.25, 0.3) is 0 Å². The van der Waals surface area contributed by atoms with Gasteiger partial charge in [0, 0.05) is 23.1 Å². The molecule has 1 atom stereocenters. The van der Waals surface area contributed by atoms with Crippen molar-refractivity contribution in [2.75, 3.05) is 19.6 Å². The van der Waals surface area contributed by atoms with Gasteiger partial charge in [-0.15, -0.1) is 0 Å². The second-order valence-corrected chi connectivity index (χ2v) is 6.21. The summed E-state index contributed by atoms with van der Waals surface area (Å²) in [6, 6.07) is 5.84. The maximum atomic E-state index is 12.6. The molecule has 0 spiro atoms. The number of hydrogen-bond acceptors (Lipinski definition) is 2. The van der Waals surface area contributed by atoms with E-state index in [9.17, 15) is 4.79 Å². The number of piperidine rings is 1. The molecule has 19 heavy (non-hydrogen) atoms. The predicted octanol–water partition coefficient (Wildman–Crippen LogP) is 2.96. The molecule has 0 radical (unpaired) electrons. The quantitative estimate of drug-likeness (QED) is 0.929. The van der Waals surface area contributed by atoms with Crippen molar-refractivity contribution in [1.82, 2.24) is 4.90 Å². The highest BCUT2D eigenvalue weighted by Crippen LogP contribution is 2.23. The van der Waals surface area contributed by atoms with Crippen molar-refractivity contribution in [3.63, 3.8) is 0 Å². The molecule has 1 aliphatic heterocycles. The van der Waals surface area contributed by atoms with E-state index in [0.717, 1.165) is 41.5 Å². The van der Waals surface area contributed by atoms with Gasteiger partial charge in [-0.05, 0) is 62.4 Å². The molecule has 0 saturated carbocycles. The minimum atomic E-state index is 0.159. The summed E-state index contributed by atoms with van der Waals surface area (Å²) in [6.07, 6.45) is 3.30. The van der Waals surface area contributed by atoms with Gasteiger partial charge >= 0.3 is 0 Å². The van der Waals surface area contributed by atoms with Crippen molar-refractivity contribution in [1.29, 1.82) is 0 Å². The summed E-state index contributed by atoms with van der Waals surface area (Å²) in [4.78, 5) is 14.5. The predicted molar refractivity (Wildman–Crippen MR) is 81.2 cm³/mol. The molecule has 1 saturated heterocycles. The lowest BCUT2D eigenvalue weighted by molar-refractivity contribution is 0.0669. The summed E-state index contributed by atoms with van der Waals surface area (Å²) >= 11 is 3.43. The Morgan fingerprint density at radius 3 is 3.00 bits per heavy atom. The Hall–Kier alpha value is -0.870. The molecule has 1 fully saturated rings. The van der Waals surface area contributed by atoms with Crippen molar-refractivity contribution in [2.45, 2.75) is 26.2 Å². The maximum absolute atomic E-state index is 12.6. The fourth-order valence-electron chi connectivity index (χ4n) is 2.76. The second kappa shape index (κ2) is 6.53. The van der Waals surface area contributed by atoms with Crippen LogP contribution in [-0.4, -0.2) is 30.4 Å². The number of likely N-dealkylation sites (tertiary alicyclic amines) is 1. The topological polar surface area (TPSA) is 46.3 Å². The highest BCUT2D eigenvalue weighted by Gasteiger charge is 2.24. The maximum Gasteiger partial charge on any atom is 0.254 e. The largest absolute Gasteiger partial charge is 0.338 e. The smallest absolute Gasteiger partial charge is 0.254 e. The molecule has 3 nitrogen and oxygen atoms in total. The van der Waals surface area contributed by atoms with Crippen LogP contribution in [0.1, 0.15) is 35.2 Å². The summed E-state index contributed by atoms with van der Waals surface area (Å²) in [5.74, 6) is 0.727. The summed E-state index contributed by atoms with van der Waals surface area (Å²) < 4.78 is 1.02. The fraction of sp³-hybridized carbons (Fsp3) is 0.533. The summed E-state index contributed by atoms with van der Waals surface area (Å²) in [5.41, 5.74) is 7.47. The molecule has 1 aliphatic rings. The second-order valence-electron chi connectivity index (χ2n) is 5.30. The number of nitrogens with zero attached hydrogens (tertiary/aromatic N) is 1. The number of benzene rings is 1. The molecule has 1 amide bonds. The van der Waals surface area contributed by atoms with E-state index >= 15 is 0 Å². The third kappa shape index (κ3) is 3.57. The fourth-order valence-corrected chi connectivity index (χ4v) is 3.23. The van der Waals surface area contributed by atoms with Crippen LogP contribution >= 0.6 is 15.9 Å². The van der Waals surface area contributed by atoms with Crippen molar-refractivity contribution in [2.24, 2.45) is 11.7 Å². The minimum Gasteiger partial charge on any atom is -0.338 e. The first-order valence-electron chi connectivity index (χ1n) is 6.87. The average Bonchev–Trinajstić information content (AvgIpc) is 2.39. The molecular formula is C15H21BrN2O. The van der Waals surface area contributed by atoms with Gasteiger partial charge in [0.2, 0.25) is 0 Å². The van der Waals surface area contributed by atoms with Crippen LogP contribution in [0.15, 0.2) is 22.7 Å². The molecule has 1 aromatic carbocycles. The van der Waals surface area contributed by atoms with Gasteiger partial charge in [0.15, 0.2) is 0 Å². The Labute approximate surface area is 123 Å². The van der Waals surface area contributed by atoms with Crippen LogP contribution in [0.2, 0.25) is 0 Å². The normalized spacial score (nSPS) is 19.5. The first kappa shape index (κ1) is 14.5. The average molecular weight is 325 g/mol. The lowest BCUT2D eigenvalue weighted by atomic mass is 9.94. The van der Waals surface area contributed by atoms with Crippen LogP contribution in [0.5, 0.6) is 0 Å². The third-order valence-corrected chi connectivity index (χ3v) is 4.29. The van der Waals surface area contributed by atoms with Crippen molar-refractivity contribution >= 4 is 21.8 Å². The number of hydrogen-bond donors (Lipinski definition) is 1. The Bertz CT molecular complexity index is 459. The molecule has 4 heteroatoms. The molecule has 0 aromatic heterocycles. The van der Waals surface area contributed by atoms with E-state index in [2.05, 4.69) is 15.9 Å². The van der Waals surface area contributed by atoms with Crippen LogP contribution < -0.4 is 5.73 Å². The van der Waals surface area contributed by atoms with Crippen LogP contribution in [-0.2, 0) is 0 Å². The van der Waals surface area contributed by atoms with Gasteiger partial charge in [-0.3, -0.25) is 4.79 Å². The van der Waals surface area contributed by atoms with E-state index in [1.807, 2.05) is 30.0 Å². The van der Waals surface area contributed by atoms with E-state index in [1.165, 1.54) is 6.42 Å². The zero-order chi connectivity index (χ0) is 13.8. The van der Waals surface area contributed by atoms with Gasteiger partial charge in [0.05, 0.1) is 0 Å². The zero-order valence-corrected chi connectivity index (χ0v) is 12.9. The Morgan fingerprint density at radius 2 is 2.32 bits per heavy atom. The first-order chi connectivity index (χ1) is 9.11. The molecule has 1 unspecified atom stereocenters. The molecule has 104 valence electrons. The van der Waals surface area contributed by atoms with Gasteiger partial charge in [0.25, 0.3) is 5.91 Å². The van der Waals surface area contributed by atoms with Gasteiger partial charge in [-0.25, -0.2) is 0 Å². The zero-order valence-electron chi connectivity index (χ0n) is 11.4. The van der Waals surface area contributed by atoms with Gasteiger partial charge < -0.3 is 10.6 Å². The molecule has 1 heterocycles. The molecular weight excluding hydrogens is 304 g/mol. The Morgan fingerprint density at radius 1 is 1.53 bits per heavy atom. The highest BCUT2D eigenvalue weighted by atomic mass is 79.9. The summed E-state index contributed by atoms with van der Waals surface area (Å²) in [5, 5.41) is 0. The first-order valence-corrected chi connectivity index (χ1v) is 7.66. The molecule has 0 aliphatic carbocycles. The van der Waals surface area contributed by atoms with E-state index in [1.54, 1.807) is 0 Å². The SMILES string of the molecule is Cc1cc(Br)ccc1C(=O)N1CCCC(CCN)C1. The van der Waals surface area contributed by atoms with Gasteiger partial charge in [0.1, 0.15) is 0 Å². The van der Waals surface area contributed by atoms with Crippen LogP contribution in [0, 0.1) is 12.8 Å². The number of rotatable bonds is 3. The van der Waals surface area contributed by atoms with Crippen molar-refractivity contribution < 1.29 is 4.79 Å². The van der Waals surface area contributed by atoms with Crippen LogP contribution in [0.4, 0.5) is 0 Å². The number of amides is 1. The standard InChI is InChI=1S/C15H21BrN2O/c1-11-9-13(16)4-5-14(11)15(19)18-8-2-3-12(10-18)6-7-17/h4-5,9,12H,2-3,6-8,10,17H2,1H3. The van der Waals surface area contributed by atoms with E-state index in [-0.39, 0.29) is 5.91 Å². The number of halogens is 1. The minimum absolute atomic E-state index is 0.159. The highest BCUT2D eigenvalue weighted by molar-refractivity contribution is 9.10. The Kier molecular flexibility index (Phi) is 4.99. The summed E-state index contributed by atoms with van der Waals surface area (Å²) in [7, 11) is 0. The molecule has 2 N–H and O–H groups in total. The lowest BCUT2D eigenvalue weighted by Crippen LogP contribution is -2.40. The van der Waals surface area contributed by atoms with E-state index < -0.39 is 0 Å². The van der Waals surface area contributed by atoms with E-state index in [4.69, 9.17) is 5.73 Å². The lowest BCUT2D eigenvalue weighted by Gasteiger charge is -2.33. The number of aryl methyl sites for hydroxylation is 1. The monoisotopic (exact) mass is 324 g/mol. The third-order valence-electron chi connectivity index (χ3n) is 3.80. The molecule has 2 rings (SSSR count). The van der Waals surface area contributed by atoms with E-state index in [0.29, 0.717) is 12.5 Å². The van der Waals surface area contributed by atoms with Crippen LogP contribution in [0.3, 0.4) is 0 Å². The Balaban J connectivity index is 2.10.